The van der Waals surface area contributed by atoms with Gasteiger partial charge in [-0.2, -0.15) is 10.4 Å². The number of nitriles is 1. The van der Waals surface area contributed by atoms with Crippen molar-refractivity contribution in [1.29, 1.82) is 5.26 Å². The SMILES string of the molecule is COc1cc(/C=N/NC(=O)C(NC(=O)c2ccccc2)C(C)C)ccc1OCc1ccccc1C#N. The largest absolute Gasteiger partial charge is 0.493 e. The first-order valence-electron chi connectivity index (χ1n) is 11.4. The summed E-state index contributed by atoms with van der Waals surface area (Å²) < 4.78 is 11.3. The molecule has 0 aliphatic heterocycles. The van der Waals surface area contributed by atoms with E-state index in [1.54, 1.807) is 54.6 Å². The van der Waals surface area contributed by atoms with Crippen LogP contribution in [-0.4, -0.2) is 31.2 Å². The lowest BCUT2D eigenvalue weighted by molar-refractivity contribution is -0.123. The summed E-state index contributed by atoms with van der Waals surface area (Å²) in [6.07, 6.45) is 1.48. The maximum atomic E-state index is 12.7. The third-order valence-electron chi connectivity index (χ3n) is 5.37. The van der Waals surface area contributed by atoms with Crippen molar-refractivity contribution in [1.82, 2.24) is 10.7 Å². The Bertz CT molecular complexity index is 1270. The normalized spacial score (nSPS) is 11.5. The fourth-order valence-corrected chi connectivity index (χ4v) is 3.38. The average molecular weight is 485 g/mol. The Labute approximate surface area is 210 Å². The fourth-order valence-electron chi connectivity index (χ4n) is 3.38. The van der Waals surface area contributed by atoms with E-state index >= 15 is 0 Å². The van der Waals surface area contributed by atoms with Crippen LogP contribution in [0.3, 0.4) is 0 Å². The second kappa shape index (κ2) is 12.7. The summed E-state index contributed by atoms with van der Waals surface area (Å²) in [4.78, 5) is 25.2. The second-order valence-electron chi connectivity index (χ2n) is 8.26. The quantitative estimate of drug-likeness (QED) is 0.333. The first kappa shape index (κ1) is 26.0. The Morgan fingerprint density at radius 1 is 1.03 bits per heavy atom. The molecule has 0 aliphatic carbocycles. The number of nitrogens with zero attached hydrogens (tertiary/aromatic N) is 2. The zero-order valence-corrected chi connectivity index (χ0v) is 20.4. The van der Waals surface area contributed by atoms with Gasteiger partial charge in [-0.1, -0.05) is 50.2 Å². The summed E-state index contributed by atoms with van der Waals surface area (Å²) in [7, 11) is 1.52. The molecule has 0 aromatic heterocycles. The number of nitrogens with one attached hydrogen (secondary N) is 2. The zero-order chi connectivity index (χ0) is 25.9. The summed E-state index contributed by atoms with van der Waals surface area (Å²) in [6, 6.07) is 22.6. The summed E-state index contributed by atoms with van der Waals surface area (Å²) in [6.45, 7) is 3.91. The minimum absolute atomic E-state index is 0.143. The van der Waals surface area contributed by atoms with Gasteiger partial charge < -0.3 is 14.8 Å². The lowest BCUT2D eigenvalue weighted by Crippen LogP contribution is -2.48. The van der Waals surface area contributed by atoms with Gasteiger partial charge in [0.1, 0.15) is 12.6 Å². The van der Waals surface area contributed by atoms with Crippen molar-refractivity contribution in [3.63, 3.8) is 0 Å². The average Bonchev–Trinajstić information content (AvgIpc) is 2.91. The molecule has 0 saturated heterocycles. The molecule has 36 heavy (non-hydrogen) atoms. The molecule has 1 unspecified atom stereocenters. The van der Waals surface area contributed by atoms with E-state index in [1.807, 2.05) is 32.0 Å². The monoisotopic (exact) mass is 484 g/mol. The highest BCUT2D eigenvalue weighted by Gasteiger charge is 2.24. The van der Waals surface area contributed by atoms with Crippen LogP contribution in [0.5, 0.6) is 11.5 Å². The van der Waals surface area contributed by atoms with Gasteiger partial charge in [-0.15, -0.1) is 0 Å². The lowest BCUT2D eigenvalue weighted by Gasteiger charge is -2.20. The van der Waals surface area contributed by atoms with E-state index in [0.717, 1.165) is 5.56 Å². The third-order valence-corrected chi connectivity index (χ3v) is 5.37. The molecule has 2 amide bonds. The Morgan fingerprint density at radius 2 is 1.75 bits per heavy atom. The van der Waals surface area contributed by atoms with Crippen molar-refractivity contribution < 1.29 is 19.1 Å². The zero-order valence-electron chi connectivity index (χ0n) is 20.4. The van der Waals surface area contributed by atoms with Crippen LogP contribution in [0.1, 0.15) is 40.9 Å². The number of methoxy groups -OCH3 is 1. The molecule has 0 heterocycles. The van der Waals surface area contributed by atoms with Crippen LogP contribution >= 0.6 is 0 Å². The second-order valence-corrected chi connectivity index (χ2v) is 8.26. The van der Waals surface area contributed by atoms with Gasteiger partial charge in [0, 0.05) is 11.1 Å². The van der Waals surface area contributed by atoms with E-state index in [-0.39, 0.29) is 18.4 Å². The minimum Gasteiger partial charge on any atom is -0.493 e. The molecule has 8 heteroatoms. The van der Waals surface area contributed by atoms with Gasteiger partial charge in [-0.25, -0.2) is 5.43 Å². The van der Waals surface area contributed by atoms with Crippen LogP contribution in [-0.2, 0) is 11.4 Å². The molecule has 2 N–H and O–H groups in total. The highest BCUT2D eigenvalue weighted by atomic mass is 16.5. The third kappa shape index (κ3) is 6.93. The number of hydrogen-bond donors (Lipinski definition) is 2. The number of rotatable bonds is 10. The molecule has 0 bridgehead atoms. The molecule has 184 valence electrons. The lowest BCUT2D eigenvalue weighted by atomic mass is 10.0. The van der Waals surface area contributed by atoms with Crippen LogP contribution in [0, 0.1) is 17.2 Å². The van der Waals surface area contributed by atoms with Gasteiger partial charge in [-0.05, 0) is 47.9 Å². The molecule has 0 fully saturated rings. The Balaban J connectivity index is 1.62. The van der Waals surface area contributed by atoms with Crippen LogP contribution in [0.15, 0.2) is 77.9 Å². The molecule has 8 nitrogen and oxygen atoms in total. The Kier molecular flexibility index (Phi) is 9.18. The number of carbonyl (C=O) groups excluding carboxylic acids is 2. The summed E-state index contributed by atoms with van der Waals surface area (Å²) in [5, 5.41) is 16.0. The highest BCUT2D eigenvalue weighted by molar-refractivity contribution is 5.97. The summed E-state index contributed by atoms with van der Waals surface area (Å²) in [5.41, 5.74) is 4.97. The first-order chi connectivity index (χ1) is 17.4. The molecule has 3 rings (SSSR count). The number of hydrazone groups is 1. The van der Waals surface area contributed by atoms with Crippen molar-refractivity contribution in [2.45, 2.75) is 26.5 Å². The van der Waals surface area contributed by atoms with E-state index in [4.69, 9.17) is 9.47 Å². The molecule has 1 atom stereocenters. The van der Waals surface area contributed by atoms with Crippen LogP contribution < -0.4 is 20.2 Å². The van der Waals surface area contributed by atoms with Crippen molar-refractivity contribution in [3.05, 3.63) is 95.1 Å². The van der Waals surface area contributed by atoms with Crippen molar-refractivity contribution in [2.75, 3.05) is 7.11 Å². The number of amides is 2. The topological polar surface area (TPSA) is 113 Å². The van der Waals surface area contributed by atoms with E-state index < -0.39 is 11.9 Å². The van der Waals surface area contributed by atoms with Crippen LogP contribution in [0.4, 0.5) is 0 Å². The number of benzene rings is 3. The highest BCUT2D eigenvalue weighted by Crippen LogP contribution is 2.28. The van der Waals surface area contributed by atoms with Crippen molar-refractivity contribution >= 4 is 18.0 Å². The van der Waals surface area contributed by atoms with Crippen LogP contribution in [0.2, 0.25) is 0 Å². The molecule has 0 aliphatic rings. The maximum absolute atomic E-state index is 12.7. The number of hydrogen-bond acceptors (Lipinski definition) is 6. The van der Waals surface area contributed by atoms with E-state index in [9.17, 15) is 14.9 Å². The molecular formula is C28H28N4O4. The van der Waals surface area contributed by atoms with E-state index in [2.05, 4.69) is 21.9 Å². The number of carbonyl (C=O) groups is 2. The Morgan fingerprint density at radius 3 is 2.44 bits per heavy atom. The molecule has 3 aromatic rings. The summed E-state index contributed by atoms with van der Waals surface area (Å²) in [5.74, 6) is 0.0973. The maximum Gasteiger partial charge on any atom is 0.262 e. The van der Waals surface area contributed by atoms with Gasteiger partial charge in [-0.3, -0.25) is 9.59 Å². The first-order valence-corrected chi connectivity index (χ1v) is 11.4. The van der Waals surface area contributed by atoms with Gasteiger partial charge in [0.15, 0.2) is 11.5 Å². The molecule has 3 aromatic carbocycles. The molecule has 0 radical (unpaired) electrons. The van der Waals surface area contributed by atoms with Crippen molar-refractivity contribution in [3.8, 4) is 17.6 Å². The Hall–Kier alpha value is -4.64. The minimum atomic E-state index is -0.753. The molecule has 0 saturated carbocycles. The van der Waals surface area contributed by atoms with Gasteiger partial charge in [0.25, 0.3) is 11.8 Å². The van der Waals surface area contributed by atoms with Gasteiger partial charge in [0.05, 0.1) is 25.0 Å². The van der Waals surface area contributed by atoms with Gasteiger partial charge in [0.2, 0.25) is 0 Å². The predicted molar refractivity (Wildman–Crippen MR) is 137 cm³/mol. The molecule has 0 spiro atoms. The smallest absolute Gasteiger partial charge is 0.262 e. The molecular weight excluding hydrogens is 456 g/mol. The predicted octanol–water partition coefficient (Wildman–Crippen LogP) is 4.05. The van der Waals surface area contributed by atoms with Crippen LogP contribution in [0.25, 0.3) is 0 Å². The summed E-state index contributed by atoms with van der Waals surface area (Å²) >= 11 is 0. The number of ether oxygens (including phenoxy) is 2. The van der Waals surface area contributed by atoms with E-state index in [1.165, 1.54) is 13.3 Å². The van der Waals surface area contributed by atoms with Crippen molar-refractivity contribution in [2.24, 2.45) is 11.0 Å². The van der Waals surface area contributed by atoms with Gasteiger partial charge >= 0.3 is 0 Å². The van der Waals surface area contributed by atoms with E-state index in [0.29, 0.717) is 28.2 Å². The standard InChI is InChI=1S/C28H28N4O4/c1-19(2)26(31-27(33)21-9-5-4-6-10-21)28(34)32-30-17-20-13-14-24(25(15-20)35-3)36-18-23-12-8-7-11-22(23)16-29/h4-15,17,19,26H,18H2,1-3H3,(H,31,33)(H,32,34)/b30-17+. The fraction of sp³-hybridized carbons (Fsp3) is 0.214.